The van der Waals surface area contributed by atoms with Crippen molar-refractivity contribution < 1.29 is 14.7 Å². The number of nitrogens with zero attached hydrogens (tertiary/aromatic N) is 1. The van der Waals surface area contributed by atoms with Crippen molar-refractivity contribution in [2.75, 3.05) is 5.32 Å². The van der Waals surface area contributed by atoms with Crippen LogP contribution in [0.5, 0.6) is 0 Å². The molecular formula is C21H24N2O3. The van der Waals surface area contributed by atoms with Crippen LogP contribution in [0.25, 0.3) is 0 Å². The summed E-state index contributed by atoms with van der Waals surface area (Å²) in [5, 5.41) is 11.8. The molecule has 1 aliphatic rings. The van der Waals surface area contributed by atoms with Crippen LogP contribution >= 0.6 is 0 Å². The lowest BCUT2D eigenvalue weighted by atomic mass is 9.63. The van der Waals surface area contributed by atoms with Crippen molar-refractivity contribution in [3.63, 3.8) is 0 Å². The molecule has 5 nitrogen and oxygen atoms in total. The van der Waals surface area contributed by atoms with E-state index in [4.69, 9.17) is 5.11 Å². The number of amides is 1. The minimum absolute atomic E-state index is 0.0658. The highest BCUT2D eigenvalue weighted by Gasteiger charge is 2.37. The van der Waals surface area contributed by atoms with Gasteiger partial charge in [-0.05, 0) is 59.1 Å². The molecule has 0 radical (unpaired) electrons. The molecule has 1 aromatic carbocycles. The summed E-state index contributed by atoms with van der Waals surface area (Å²) in [4.78, 5) is 27.1. The van der Waals surface area contributed by atoms with Crippen LogP contribution in [0.4, 0.5) is 5.69 Å². The molecule has 5 heteroatoms. The number of carboxylic acid groups (broad SMARTS) is 1. The zero-order chi connectivity index (χ0) is 19.1. The van der Waals surface area contributed by atoms with Crippen LogP contribution in [0.2, 0.25) is 0 Å². The van der Waals surface area contributed by atoms with Gasteiger partial charge in [0.25, 0.3) is 5.91 Å². The van der Waals surface area contributed by atoms with E-state index in [0.717, 1.165) is 18.5 Å². The van der Waals surface area contributed by atoms with Crippen molar-refractivity contribution in [2.45, 2.75) is 51.4 Å². The van der Waals surface area contributed by atoms with Gasteiger partial charge in [0.15, 0.2) is 0 Å². The van der Waals surface area contributed by atoms with Gasteiger partial charge < -0.3 is 10.4 Å². The molecule has 2 N–H and O–H groups in total. The summed E-state index contributed by atoms with van der Waals surface area (Å²) < 4.78 is 0. The Morgan fingerprint density at radius 3 is 2.23 bits per heavy atom. The molecule has 1 aromatic heterocycles. The quantitative estimate of drug-likeness (QED) is 0.859. The number of carbonyl (C=O) groups excluding carboxylic acids is 1. The zero-order valence-corrected chi connectivity index (χ0v) is 15.6. The average molecular weight is 352 g/mol. The molecule has 0 aliphatic heterocycles. The van der Waals surface area contributed by atoms with Gasteiger partial charge in [-0.1, -0.05) is 33.8 Å². The second kappa shape index (κ2) is 6.24. The summed E-state index contributed by atoms with van der Waals surface area (Å²) in [5.41, 5.74) is 3.78. The fourth-order valence-electron chi connectivity index (χ4n) is 3.52. The highest BCUT2D eigenvalue weighted by atomic mass is 16.4. The number of hydrogen-bond acceptors (Lipinski definition) is 3. The Labute approximate surface area is 153 Å². The molecule has 1 amide bonds. The van der Waals surface area contributed by atoms with Crippen LogP contribution in [-0.4, -0.2) is 22.0 Å². The number of benzene rings is 1. The first-order valence-electron chi connectivity index (χ1n) is 8.76. The van der Waals surface area contributed by atoms with E-state index in [9.17, 15) is 9.59 Å². The van der Waals surface area contributed by atoms with Gasteiger partial charge in [-0.25, -0.2) is 9.78 Å². The maximum Gasteiger partial charge on any atom is 0.354 e. The molecule has 0 atom stereocenters. The van der Waals surface area contributed by atoms with Gasteiger partial charge in [-0.15, -0.1) is 0 Å². The molecule has 26 heavy (non-hydrogen) atoms. The number of aromatic nitrogens is 1. The Kier molecular flexibility index (Phi) is 4.34. The molecule has 136 valence electrons. The molecule has 0 saturated carbocycles. The number of carbonyl (C=O) groups is 2. The summed E-state index contributed by atoms with van der Waals surface area (Å²) in [5.74, 6) is -1.42. The highest BCUT2D eigenvalue weighted by Crippen LogP contribution is 2.46. The molecule has 0 fully saturated rings. The van der Waals surface area contributed by atoms with Gasteiger partial charge in [0, 0.05) is 11.9 Å². The Balaban J connectivity index is 1.87. The number of fused-ring (bicyclic) bond motifs is 1. The molecule has 0 spiro atoms. The molecule has 0 saturated heterocycles. The lowest BCUT2D eigenvalue weighted by Gasteiger charge is -2.42. The van der Waals surface area contributed by atoms with Crippen LogP contribution in [0.15, 0.2) is 36.5 Å². The average Bonchev–Trinajstić information content (AvgIpc) is 2.59. The smallest absolute Gasteiger partial charge is 0.354 e. The van der Waals surface area contributed by atoms with Crippen LogP contribution < -0.4 is 5.32 Å². The Hall–Kier alpha value is -2.69. The van der Waals surface area contributed by atoms with E-state index in [1.165, 1.54) is 29.5 Å². The summed E-state index contributed by atoms with van der Waals surface area (Å²) in [7, 11) is 0. The van der Waals surface area contributed by atoms with Gasteiger partial charge in [0.1, 0.15) is 5.69 Å². The van der Waals surface area contributed by atoms with Crippen LogP contribution in [0.1, 0.15) is 72.5 Å². The maximum atomic E-state index is 12.5. The van der Waals surface area contributed by atoms with Gasteiger partial charge in [-0.3, -0.25) is 4.79 Å². The van der Waals surface area contributed by atoms with E-state index in [-0.39, 0.29) is 22.4 Å². The van der Waals surface area contributed by atoms with Crippen LogP contribution in [0, 0.1) is 0 Å². The molecule has 0 bridgehead atoms. The Bertz CT molecular complexity index is 867. The third-order valence-electron chi connectivity index (χ3n) is 5.36. The number of anilines is 1. The van der Waals surface area contributed by atoms with Gasteiger partial charge >= 0.3 is 5.97 Å². The first-order valence-corrected chi connectivity index (χ1v) is 8.76. The Morgan fingerprint density at radius 2 is 1.65 bits per heavy atom. The van der Waals surface area contributed by atoms with Crippen LogP contribution in [0.3, 0.4) is 0 Å². The van der Waals surface area contributed by atoms with Crippen molar-refractivity contribution in [3.05, 3.63) is 58.9 Å². The number of rotatable bonds is 3. The Morgan fingerprint density at radius 1 is 1.00 bits per heavy atom. The van der Waals surface area contributed by atoms with Crippen molar-refractivity contribution in [1.29, 1.82) is 0 Å². The van der Waals surface area contributed by atoms with E-state index >= 15 is 0 Å². The zero-order valence-electron chi connectivity index (χ0n) is 15.6. The second-order valence-electron chi connectivity index (χ2n) is 8.22. The molecule has 1 aliphatic carbocycles. The normalized spacial score (nSPS) is 17.2. The van der Waals surface area contributed by atoms with Gasteiger partial charge in [-0.2, -0.15) is 0 Å². The van der Waals surface area contributed by atoms with Crippen molar-refractivity contribution >= 4 is 17.6 Å². The monoisotopic (exact) mass is 352 g/mol. The topological polar surface area (TPSA) is 79.3 Å². The van der Waals surface area contributed by atoms with E-state index in [1.54, 1.807) is 0 Å². The first-order chi connectivity index (χ1) is 12.1. The van der Waals surface area contributed by atoms with E-state index in [2.05, 4.69) is 50.1 Å². The van der Waals surface area contributed by atoms with Crippen LogP contribution in [-0.2, 0) is 10.8 Å². The van der Waals surface area contributed by atoms with Crippen molar-refractivity contribution in [2.24, 2.45) is 0 Å². The number of aromatic carboxylic acids is 1. The number of hydrogen-bond donors (Lipinski definition) is 2. The summed E-state index contributed by atoms with van der Waals surface area (Å²) >= 11 is 0. The summed E-state index contributed by atoms with van der Waals surface area (Å²) in [6.45, 7) is 8.99. The fourth-order valence-corrected chi connectivity index (χ4v) is 3.52. The first kappa shape index (κ1) is 18.1. The number of nitrogens with one attached hydrogen (secondary N) is 1. The summed E-state index contributed by atoms with van der Waals surface area (Å²) in [6.07, 6.45) is 3.52. The van der Waals surface area contributed by atoms with E-state index in [0.29, 0.717) is 5.56 Å². The third-order valence-corrected chi connectivity index (χ3v) is 5.36. The predicted molar refractivity (Wildman–Crippen MR) is 101 cm³/mol. The number of carboxylic acids is 1. The molecule has 0 unspecified atom stereocenters. The lowest BCUT2D eigenvalue weighted by Crippen LogP contribution is -2.33. The van der Waals surface area contributed by atoms with Crippen molar-refractivity contribution in [3.8, 4) is 0 Å². The molecule has 2 aromatic rings. The molecular weight excluding hydrogens is 328 g/mol. The van der Waals surface area contributed by atoms with E-state index in [1.807, 2.05) is 6.07 Å². The minimum Gasteiger partial charge on any atom is -0.477 e. The van der Waals surface area contributed by atoms with Gasteiger partial charge in [0.2, 0.25) is 0 Å². The molecule has 1 heterocycles. The standard InChI is InChI=1S/C21H24N2O3/c1-20(2)9-10-21(3,4)16-11-14(6-7-15(16)20)23-18(24)13-5-8-17(19(25)26)22-12-13/h5-8,11-12H,9-10H2,1-4H3,(H,23,24)(H,25,26). The minimum atomic E-state index is -1.11. The number of pyridine rings is 1. The largest absolute Gasteiger partial charge is 0.477 e. The molecule has 3 rings (SSSR count). The fraction of sp³-hybridized carbons (Fsp3) is 0.381. The highest BCUT2D eigenvalue weighted by molar-refractivity contribution is 6.04. The third kappa shape index (κ3) is 3.34. The van der Waals surface area contributed by atoms with E-state index < -0.39 is 5.97 Å². The lowest BCUT2D eigenvalue weighted by molar-refractivity contribution is 0.0690. The predicted octanol–water partition coefficient (Wildman–Crippen LogP) is 4.38. The van der Waals surface area contributed by atoms with Gasteiger partial charge in [0.05, 0.1) is 5.56 Å². The second-order valence-corrected chi connectivity index (χ2v) is 8.22. The summed E-state index contributed by atoms with van der Waals surface area (Å²) in [6, 6.07) is 8.90. The van der Waals surface area contributed by atoms with Crippen molar-refractivity contribution in [1.82, 2.24) is 4.98 Å². The maximum absolute atomic E-state index is 12.5. The SMILES string of the molecule is CC1(C)CCC(C)(C)c2cc(NC(=O)c3ccc(C(=O)O)nc3)ccc21.